The van der Waals surface area contributed by atoms with Crippen molar-refractivity contribution in [2.24, 2.45) is 5.73 Å². The Morgan fingerprint density at radius 1 is 1.44 bits per heavy atom. The largest absolute Gasteiger partial charge is 0.497 e. The molecule has 3 N–H and O–H groups in total. The summed E-state index contributed by atoms with van der Waals surface area (Å²) in [5.74, 6) is 0.857. The number of aryl methyl sites for hydroxylation is 1. The van der Waals surface area contributed by atoms with Gasteiger partial charge in [-0.15, -0.1) is 0 Å². The van der Waals surface area contributed by atoms with Crippen molar-refractivity contribution in [3.05, 3.63) is 47.3 Å². The van der Waals surface area contributed by atoms with Crippen LogP contribution in [0.1, 0.15) is 23.2 Å². The maximum atomic E-state index is 6.58. The molecule has 1 aliphatic carbocycles. The number of hydrogen-bond donors (Lipinski definition) is 2. The number of ether oxygens (including phenoxy) is 1. The monoisotopic (exact) mass is 243 g/mol. The topological polar surface area (TPSA) is 63.9 Å². The first-order chi connectivity index (χ1) is 8.71. The first-order valence-corrected chi connectivity index (χ1v) is 6.16. The van der Waals surface area contributed by atoms with Crippen LogP contribution in [0.4, 0.5) is 0 Å². The molecule has 1 heterocycles. The second kappa shape index (κ2) is 4.14. The van der Waals surface area contributed by atoms with E-state index in [9.17, 15) is 0 Å². The Morgan fingerprint density at radius 2 is 2.33 bits per heavy atom. The third-order valence-electron chi connectivity index (χ3n) is 3.78. The molecule has 4 heteroatoms. The summed E-state index contributed by atoms with van der Waals surface area (Å²) in [7, 11) is 1.68. The number of nitrogens with two attached hydrogens (primary N) is 1. The number of rotatable bonds is 2. The SMILES string of the molecule is COc1cccc(C2(N)CCc3[nH]ncc3C2)c1. The summed E-state index contributed by atoms with van der Waals surface area (Å²) in [6, 6.07) is 8.05. The second-order valence-electron chi connectivity index (χ2n) is 4.94. The van der Waals surface area contributed by atoms with Crippen molar-refractivity contribution in [2.45, 2.75) is 24.8 Å². The van der Waals surface area contributed by atoms with Gasteiger partial charge in [0.2, 0.25) is 0 Å². The van der Waals surface area contributed by atoms with E-state index in [0.717, 1.165) is 30.6 Å². The minimum absolute atomic E-state index is 0.314. The van der Waals surface area contributed by atoms with Crippen molar-refractivity contribution in [1.82, 2.24) is 10.2 Å². The number of nitrogens with one attached hydrogen (secondary N) is 1. The van der Waals surface area contributed by atoms with Gasteiger partial charge in [0.15, 0.2) is 0 Å². The van der Waals surface area contributed by atoms with Crippen LogP contribution in [0.15, 0.2) is 30.5 Å². The number of H-pyrrole nitrogens is 1. The number of benzene rings is 1. The van der Waals surface area contributed by atoms with Crippen LogP contribution in [0.3, 0.4) is 0 Å². The van der Waals surface area contributed by atoms with Crippen LogP contribution in [-0.4, -0.2) is 17.3 Å². The number of aromatic nitrogens is 2. The molecule has 0 amide bonds. The molecule has 0 radical (unpaired) electrons. The second-order valence-corrected chi connectivity index (χ2v) is 4.94. The molecule has 0 spiro atoms. The molecule has 0 saturated heterocycles. The summed E-state index contributed by atoms with van der Waals surface area (Å²) in [6.07, 6.45) is 4.58. The number of aromatic amines is 1. The molecule has 0 saturated carbocycles. The molecule has 0 fully saturated rings. The molecule has 0 bridgehead atoms. The lowest BCUT2D eigenvalue weighted by atomic mass is 9.77. The highest BCUT2D eigenvalue weighted by atomic mass is 16.5. The van der Waals surface area contributed by atoms with Crippen LogP contribution in [0.2, 0.25) is 0 Å². The predicted octanol–water partition coefficient (Wildman–Crippen LogP) is 1.76. The van der Waals surface area contributed by atoms with E-state index in [1.165, 1.54) is 11.3 Å². The van der Waals surface area contributed by atoms with Gasteiger partial charge in [0.05, 0.1) is 13.3 Å². The minimum atomic E-state index is -0.314. The van der Waals surface area contributed by atoms with E-state index >= 15 is 0 Å². The van der Waals surface area contributed by atoms with Crippen LogP contribution in [0, 0.1) is 0 Å². The Balaban J connectivity index is 1.96. The first-order valence-electron chi connectivity index (χ1n) is 6.16. The zero-order chi connectivity index (χ0) is 12.6. The summed E-state index contributed by atoms with van der Waals surface area (Å²) < 4.78 is 5.27. The van der Waals surface area contributed by atoms with E-state index in [1.807, 2.05) is 24.4 Å². The van der Waals surface area contributed by atoms with Gasteiger partial charge in [-0.2, -0.15) is 5.10 Å². The zero-order valence-corrected chi connectivity index (χ0v) is 10.4. The predicted molar refractivity (Wildman–Crippen MR) is 69.5 cm³/mol. The normalized spacial score (nSPS) is 22.6. The van der Waals surface area contributed by atoms with Crippen molar-refractivity contribution in [3.8, 4) is 5.75 Å². The van der Waals surface area contributed by atoms with E-state index in [0.29, 0.717) is 0 Å². The molecule has 0 aliphatic heterocycles. The van der Waals surface area contributed by atoms with Gasteiger partial charge >= 0.3 is 0 Å². The lowest BCUT2D eigenvalue weighted by Gasteiger charge is -2.33. The van der Waals surface area contributed by atoms with Crippen LogP contribution in [0.25, 0.3) is 0 Å². The first kappa shape index (κ1) is 11.3. The molecule has 94 valence electrons. The van der Waals surface area contributed by atoms with Crippen LogP contribution in [0.5, 0.6) is 5.75 Å². The number of methoxy groups -OCH3 is 1. The smallest absolute Gasteiger partial charge is 0.119 e. The summed E-state index contributed by atoms with van der Waals surface area (Å²) in [4.78, 5) is 0. The van der Waals surface area contributed by atoms with Crippen molar-refractivity contribution in [1.29, 1.82) is 0 Å². The lowest BCUT2D eigenvalue weighted by molar-refractivity contribution is 0.376. The van der Waals surface area contributed by atoms with Gasteiger partial charge in [0.25, 0.3) is 0 Å². The fourth-order valence-electron chi connectivity index (χ4n) is 2.66. The molecule has 1 aliphatic rings. The fourth-order valence-corrected chi connectivity index (χ4v) is 2.66. The van der Waals surface area contributed by atoms with Crippen molar-refractivity contribution in [3.63, 3.8) is 0 Å². The summed E-state index contributed by atoms with van der Waals surface area (Å²) in [6.45, 7) is 0. The van der Waals surface area contributed by atoms with E-state index in [4.69, 9.17) is 10.5 Å². The molecule has 3 rings (SSSR count). The summed E-state index contributed by atoms with van der Waals surface area (Å²) >= 11 is 0. The summed E-state index contributed by atoms with van der Waals surface area (Å²) in [5, 5.41) is 7.13. The zero-order valence-electron chi connectivity index (χ0n) is 10.4. The van der Waals surface area contributed by atoms with Gasteiger partial charge in [0.1, 0.15) is 5.75 Å². The van der Waals surface area contributed by atoms with Gasteiger partial charge in [-0.3, -0.25) is 5.10 Å². The molecule has 4 nitrogen and oxygen atoms in total. The standard InChI is InChI=1S/C14H17N3O/c1-18-12-4-2-3-11(7-12)14(15)6-5-13-10(8-14)9-16-17-13/h2-4,7,9H,5-6,8,15H2,1H3,(H,16,17). The maximum absolute atomic E-state index is 6.58. The average molecular weight is 243 g/mol. The lowest BCUT2D eigenvalue weighted by Crippen LogP contribution is -2.42. The van der Waals surface area contributed by atoms with Crippen LogP contribution >= 0.6 is 0 Å². The third kappa shape index (κ3) is 1.78. The van der Waals surface area contributed by atoms with E-state index in [-0.39, 0.29) is 5.54 Å². The Labute approximate surface area is 106 Å². The highest BCUT2D eigenvalue weighted by Crippen LogP contribution is 2.34. The van der Waals surface area contributed by atoms with Gasteiger partial charge in [-0.1, -0.05) is 12.1 Å². The molecule has 1 atom stereocenters. The van der Waals surface area contributed by atoms with Crippen molar-refractivity contribution in [2.75, 3.05) is 7.11 Å². The third-order valence-corrected chi connectivity index (χ3v) is 3.78. The van der Waals surface area contributed by atoms with Gasteiger partial charge in [0, 0.05) is 11.2 Å². The van der Waals surface area contributed by atoms with Gasteiger partial charge in [-0.25, -0.2) is 0 Å². The van der Waals surface area contributed by atoms with Gasteiger partial charge in [-0.05, 0) is 42.5 Å². The molecule has 1 aromatic carbocycles. The number of nitrogens with zero attached hydrogens (tertiary/aromatic N) is 1. The average Bonchev–Trinajstić information content (AvgIpc) is 2.86. The van der Waals surface area contributed by atoms with Crippen LogP contribution < -0.4 is 10.5 Å². The molecule has 1 unspecified atom stereocenters. The Bertz CT molecular complexity index is 564. The highest BCUT2D eigenvalue weighted by Gasteiger charge is 2.33. The Morgan fingerprint density at radius 3 is 3.17 bits per heavy atom. The van der Waals surface area contributed by atoms with E-state index in [1.54, 1.807) is 7.11 Å². The van der Waals surface area contributed by atoms with Gasteiger partial charge < -0.3 is 10.5 Å². The molecule has 2 aromatic rings. The Hall–Kier alpha value is -1.81. The van der Waals surface area contributed by atoms with E-state index < -0.39 is 0 Å². The van der Waals surface area contributed by atoms with Crippen molar-refractivity contribution >= 4 is 0 Å². The molecule has 18 heavy (non-hydrogen) atoms. The highest BCUT2D eigenvalue weighted by molar-refractivity contribution is 5.37. The number of fused-ring (bicyclic) bond motifs is 1. The number of hydrogen-bond acceptors (Lipinski definition) is 3. The van der Waals surface area contributed by atoms with E-state index in [2.05, 4.69) is 16.3 Å². The molecular formula is C14H17N3O. The molecule has 1 aromatic heterocycles. The van der Waals surface area contributed by atoms with Crippen molar-refractivity contribution < 1.29 is 4.74 Å². The maximum Gasteiger partial charge on any atom is 0.119 e. The minimum Gasteiger partial charge on any atom is -0.497 e. The molecular weight excluding hydrogens is 226 g/mol. The Kier molecular flexibility index (Phi) is 2.59. The summed E-state index contributed by atoms with van der Waals surface area (Å²) in [5.41, 5.74) is 9.85. The fraction of sp³-hybridized carbons (Fsp3) is 0.357. The van der Waals surface area contributed by atoms with Crippen LogP contribution in [-0.2, 0) is 18.4 Å². The quantitative estimate of drug-likeness (QED) is 0.844.